The molecule has 0 heterocycles. The number of nitrogens with one attached hydrogen (secondary N) is 2. The van der Waals surface area contributed by atoms with Gasteiger partial charge in [0.15, 0.2) is 11.5 Å². The standard InChI is InChI=1S/C19H30N2O5/c1-7-11(2)18(19(23)24)20-10-17(22)21-13(4)14-9-16(26-6)15(25-5)8-12(14)3/h8-9,11,13,18,20H,7,10H2,1-6H3,(H,21,22)(H,23,24)/t11-,13?,18-/m0/s1. The van der Waals surface area contributed by atoms with E-state index in [0.29, 0.717) is 17.9 Å². The number of ether oxygens (including phenoxy) is 2. The molecular weight excluding hydrogens is 336 g/mol. The third kappa shape index (κ3) is 5.62. The van der Waals surface area contributed by atoms with Gasteiger partial charge in [-0.05, 0) is 43.0 Å². The third-order valence-electron chi connectivity index (χ3n) is 4.58. The van der Waals surface area contributed by atoms with E-state index in [-0.39, 0.29) is 24.4 Å². The first-order valence-electron chi connectivity index (χ1n) is 8.73. The lowest BCUT2D eigenvalue weighted by molar-refractivity contribution is -0.141. The Morgan fingerprint density at radius 2 is 1.73 bits per heavy atom. The summed E-state index contributed by atoms with van der Waals surface area (Å²) in [6.07, 6.45) is 0.715. The molecule has 0 saturated heterocycles. The zero-order chi connectivity index (χ0) is 19.9. The number of rotatable bonds is 10. The molecule has 0 aliphatic rings. The number of aliphatic carboxylic acids is 1. The minimum absolute atomic E-state index is 0.0576. The molecule has 146 valence electrons. The Kier molecular flexibility index (Phi) is 8.38. The Morgan fingerprint density at radius 3 is 2.23 bits per heavy atom. The van der Waals surface area contributed by atoms with Crippen molar-refractivity contribution < 1.29 is 24.2 Å². The number of carbonyl (C=O) groups excluding carboxylic acids is 1. The smallest absolute Gasteiger partial charge is 0.320 e. The monoisotopic (exact) mass is 366 g/mol. The molecule has 1 aromatic carbocycles. The quantitative estimate of drug-likeness (QED) is 0.588. The number of methoxy groups -OCH3 is 2. The number of aryl methyl sites for hydroxylation is 1. The third-order valence-corrected chi connectivity index (χ3v) is 4.58. The van der Waals surface area contributed by atoms with Gasteiger partial charge >= 0.3 is 5.97 Å². The molecule has 7 heteroatoms. The Morgan fingerprint density at radius 1 is 1.15 bits per heavy atom. The Hall–Kier alpha value is -2.28. The van der Waals surface area contributed by atoms with Crippen molar-refractivity contribution in [3.8, 4) is 11.5 Å². The topological polar surface area (TPSA) is 96.9 Å². The average Bonchev–Trinajstić information content (AvgIpc) is 2.60. The SMILES string of the molecule is CC[C@H](C)[C@H](NCC(=O)NC(C)c1cc(OC)c(OC)cc1C)C(=O)O. The van der Waals surface area contributed by atoms with Crippen LogP contribution in [0.1, 0.15) is 44.4 Å². The number of benzene rings is 1. The van der Waals surface area contributed by atoms with Crippen molar-refractivity contribution in [1.29, 1.82) is 0 Å². The van der Waals surface area contributed by atoms with Crippen LogP contribution in [0.25, 0.3) is 0 Å². The second-order valence-electron chi connectivity index (χ2n) is 6.44. The van der Waals surface area contributed by atoms with E-state index in [1.807, 2.05) is 39.8 Å². The highest BCUT2D eigenvalue weighted by Crippen LogP contribution is 2.32. The van der Waals surface area contributed by atoms with Gasteiger partial charge in [-0.1, -0.05) is 20.3 Å². The van der Waals surface area contributed by atoms with Gasteiger partial charge in [0.2, 0.25) is 5.91 Å². The van der Waals surface area contributed by atoms with Crippen molar-refractivity contribution in [2.24, 2.45) is 5.92 Å². The number of amides is 1. The maximum absolute atomic E-state index is 12.2. The van der Waals surface area contributed by atoms with Crippen molar-refractivity contribution >= 4 is 11.9 Å². The van der Waals surface area contributed by atoms with Gasteiger partial charge in [-0.25, -0.2) is 0 Å². The maximum atomic E-state index is 12.2. The van der Waals surface area contributed by atoms with E-state index in [1.54, 1.807) is 14.2 Å². The number of hydrogen-bond acceptors (Lipinski definition) is 5. The molecule has 1 unspecified atom stereocenters. The summed E-state index contributed by atoms with van der Waals surface area (Å²) in [6.45, 7) is 7.51. The van der Waals surface area contributed by atoms with E-state index in [1.165, 1.54) is 0 Å². The fourth-order valence-electron chi connectivity index (χ4n) is 2.80. The first-order chi connectivity index (χ1) is 12.2. The Bertz CT molecular complexity index is 633. The Balaban J connectivity index is 2.77. The molecule has 0 aliphatic heterocycles. The molecule has 0 spiro atoms. The number of carboxylic acid groups (broad SMARTS) is 1. The van der Waals surface area contributed by atoms with E-state index < -0.39 is 12.0 Å². The molecule has 1 aromatic rings. The number of carboxylic acids is 1. The van der Waals surface area contributed by atoms with Crippen LogP contribution in [-0.2, 0) is 9.59 Å². The largest absolute Gasteiger partial charge is 0.493 e. The molecular formula is C19H30N2O5. The van der Waals surface area contributed by atoms with E-state index in [9.17, 15) is 14.7 Å². The van der Waals surface area contributed by atoms with E-state index in [0.717, 1.165) is 11.1 Å². The molecule has 7 nitrogen and oxygen atoms in total. The summed E-state index contributed by atoms with van der Waals surface area (Å²) >= 11 is 0. The van der Waals surface area contributed by atoms with Crippen LogP contribution >= 0.6 is 0 Å². The van der Waals surface area contributed by atoms with Crippen molar-refractivity contribution in [3.05, 3.63) is 23.3 Å². The molecule has 0 fully saturated rings. The second-order valence-corrected chi connectivity index (χ2v) is 6.44. The lowest BCUT2D eigenvalue weighted by Gasteiger charge is -2.22. The van der Waals surface area contributed by atoms with Crippen LogP contribution in [0.15, 0.2) is 12.1 Å². The first-order valence-corrected chi connectivity index (χ1v) is 8.73. The van der Waals surface area contributed by atoms with Gasteiger partial charge in [0.25, 0.3) is 0 Å². The van der Waals surface area contributed by atoms with E-state index >= 15 is 0 Å². The van der Waals surface area contributed by atoms with Crippen molar-refractivity contribution in [3.63, 3.8) is 0 Å². The second kappa shape index (κ2) is 10.0. The predicted octanol–water partition coefficient (Wildman–Crippen LogP) is 2.28. The van der Waals surface area contributed by atoms with Gasteiger partial charge in [0, 0.05) is 0 Å². The highest BCUT2D eigenvalue weighted by atomic mass is 16.5. The summed E-state index contributed by atoms with van der Waals surface area (Å²) in [5, 5.41) is 15.0. The molecule has 0 saturated carbocycles. The van der Waals surface area contributed by atoms with Gasteiger partial charge in [-0.3, -0.25) is 14.9 Å². The van der Waals surface area contributed by atoms with Gasteiger partial charge < -0.3 is 19.9 Å². The summed E-state index contributed by atoms with van der Waals surface area (Å²) in [7, 11) is 3.13. The van der Waals surface area contributed by atoms with Gasteiger partial charge in [0.05, 0.1) is 26.8 Å². The van der Waals surface area contributed by atoms with Gasteiger partial charge in [-0.2, -0.15) is 0 Å². The summed E-state index contributed by atoms with van der Waals surface area (Å²) in [5.74, 6) is -0.0511. The van der Waals surface area contributed by atoms with Crippen LogP contribution in [-0.4, -0.2) is 43.8 Å². The average molecular weight is 366 g/mol. The maximum Gasteiger partial charge on any atom is 0.320 e. The summed E-state index contributed by atoms with van der Waals surface area (Å²) in [4.78, 5) is 23.5. The van der Waals surface area contributed by atoms with Crippen LogP contribution in [0.4, 0.5) is 0 Å². The number of carbonyl (C=O) groups is 2. The Labute approximate surface area is 155 Å². The predicted molar refractivity (Wildman–Crippen MR) is 99.7 cm³/mol. The minimum atomic E-state index is -0.948. The minimum Gasteiger partial charge on any atom is -0.493 e. The lowest BCUT2D eigenvalue weighted by atomic mass is 9.99. The zero-order valence-corrected chi connectivity index (χ0v) is 16.4. The summed E-state index contributed by atoms with van der Waals surface area (Å²) in [6, 6.07) is 2.70. The van der Waals surface area contributed by atoms with E-state index in [2.05, 4.69) is 10.6 Å². The van der Waals surface area contributed by atoms with E-state index in [4.69, 9.17) is 9.47 Å². The van der Waals surface area contributed by atoms with Crippen LogP contribution in [0, 0.1) is 12.8 Å². The number of hydrogen-bond donors (Lipinski definition) is 3. The molecule has 1 rings (SSSR count). The molecule has 1 amide bonds. The van der Waals surface area contributed by atoms with Crippen LogP contribution < -0.4 is 20.1 Å². The normalized spacial score (nSPS) is 14.2. The zero-order valence-electron chi connectivity index (χ0n) is 16.4. The van der Waals surface area contributed by atoms with Crippen molar-refractivity contribution in [2.75, 3.05) is 20.8 Å². The lowest BCUT2D eigenvalue weighted by Crippen LogP contribution is -2.46. The van der Waals surface area contributed by atoms with Crippen LogP contribution in [0.5, 0.6) is 11.5 Å². The molecule has 0 aliphatic carbocycles. The highest BCUT2D eigenvalue weighted by molar-refractivity contribution is 5.80. The molecule has 3 atom stereocenters. The van der Waals surface area contributed by atoms with Gasteiger partial charge in [0.1, 0.15) is 6.04 Å². The molecule has 0 radical (unpaired) electrons. The molecule has 0 bridgehead atoms. The summed E-state index contributed by atoms with van der Waals surface area (Å²) < 4.78 is 10.6. The fraction of sp³-hybridized carbons (Fsp3) is 0.579. The van der Waals surface area contributed by atoms with Crippen LogP contribution in [0.2, 0.25) is 0 Å². The molecule has 3 N–H and O–H groups in total. The van der Waals surface area contributed by atoms with Crippen molar-refractivity contribution in [2.45, 2.75) is 46.2 Å². The first kappa shape index (κ1) is 21.8. The fourth-order valence-corrected chi connectivity index (χ4v) is 2.80. The summed E-state index contributed by atoms with van der Waals surface area (Å²) in [5.41, 5.74) is 1.87. The molecule has 26 heavy (non-hydrogen) atoms. The van der Waals surface area contributed by atoms with Gasteiger partial charge in [-0.15, -0.1) is 0 Å². The highest BCUT2D eigenvalue weighted by Gasteiger charge is 2.24. The van der Waals surface area contributed by atoms with Crippen molar-refractivity contribution in [1.82, 2.24) is 10.6 Å². The van der Waals surface area contributed by atoms with Crippen LogP contribution in [0.3, 0.4) is 0 Å². The molecule has 0 aromatic heterocycles.